The molecule has 0 aliphatic carbocycles. The van der Waals surface area contributed by atoms with Gasteiger partial charge in [-0.2, -0.15) is 10.2 Å². The molecular formula is C23H20Cl4N6S. The van der Waals surface area contributed by atoms with E-state index in [1.165, 1.54) is 0 Å². The summed E-state index contributed by atoms with van der Waals surface area (Å²) in [6.45, 7) is 4.98. The second-order valence-electron chi connectivity index (χ2n) is 7.69. The number of aromatic nitrogens is 4. The molecule has 0 radical (unpaired) electrons. The van der Waals surface area contributed by atoms with Gasteiger partial charge in [0.2, 0.25) is 0 Å². The van der Waals surface area contributed by atoms with Crippen molar-refractivity contribution in [1.29, 1.82) is 0 Å². The zero-order chi connectivity index (χ0) is 24.4. The van der Waals surface area contributed by atoms with Crippen LogP contribution in [-0.2, 0) is 13.1 Å². The smallest absolute Gasteiger partial charge is 0.175 e. The van der Waals surface area contributed by atoms with Gasteiger partial charge in [0.1, 0.15) is 0 Å². The predicted octanol–water partition coefficient (Wildman–Crippen LogP) is 7.22. The number of hydrogen-bond donors (Lipinski definition) is 2. The number of benzene rings is 2. The fourth-order valence-electron chi connectivity index (χ4n) is 3.46. The molecular weight excluding hydrogens is 534 g/mol. The first-order chi connectivity index (χ1) is 16.2. The minimum atomic E-state index is 0.435. The van der Waals surface area contributed by atoms with Gasteiger partial charge in [-0.1, -0.05) is 58.5 Å². The molecule has 34 heavy (non-hydrogen) atoms. The topological polar surface area (TPSA) is 59.7 Å². The minimum Gasteiger partial charge on any atom is -0.330 e. The van der Waals surface area contributed by atoms with E-state index in [2.05, 4.69) is 20.8 Å². The van der Waals surface area contributed by atoms with Gasteiger partial charge in [-0.15, -0.1) is 0 Å². The number of rotatable bonds is 6. The van der Waals surface area contributed by atoms with E-state index >= 15 is 0 Å². The summed E-state index contributed by atoms with van der Waals surface area (Å²) in [5.41, 5.74) is 5.29. The molecule has 6 nitrogen and oxygen atoms in total. The molecule has 0 spiro atoms. The highest BCUT2D eigenvalue weighted by Crippen LogP contribution is 2.25. The van der Waals surface area contributed by atoms with Gasteiger partial charge in [0.05, 0.1) is 52.1 Å². The first kappa shape index (κ1) is 24.8. The number of thiocarbonyl (C=S) groups is 1. The average molecular weight is 554 g/mol. The Bertz CT molecular complexity index is 1360. The summed E-state index contributed by atoms with van der Waals surface area (Å²) in [5, 5.41) is 18.1. The highest BCUT2D eigenvalue weighted by molar-refractivity contribution is 7.80. The monoisotopic (exact) mass is 552 g/mol. The normalized spacial score (nSPS) is 11.0. The molecule has 2 heterocycles. The van der Waals surface area contributed by atoms with Crippen LogP contribution in [0.1, 0.15) is 22.5 Å². The van der Waals surface area contributed by atoms with E-state index in [0.29, 0.717) is 38.3 Å². The Morgan fingerprint density at radius 2 is 1.74 bits per heavy atom. The summed E-state index contributed by atoms with van der Waals surface area (Å²) < 4.78 is 3.67. The molecule has 0 fully saturated rings. The SMILES string of the molecule is Cc1nn(Cc2ccc(Cl)c(Cl)c2)c(C)c1NC(=S)Nc1cnn(Cc2ccc(Cl)cc2Cl)c1. The van der Waals surface area contributed by atoms with Crippen molar-refractivity contribution < 1.29 is 0 Å². The van der Waals surface area contributed by atoms with Crippen LogP contribution in [0.4, 0.5) is 11.4 Å². The lowest BCUT2D eigenvalue weighted by atomic mass is 10.2. The van der Waals surface area contributed by atoms with E-state index < -0.39 is 0 Å². The summed E-state index contributed by atoms with van der Waals surface area (Å²) in [5.74, 6) is 0. The maximum absolute atomic E-state index is 6.27. The first-order valence-electron chi connectivity index (χ1n) is 10.2. The summed E-state index contributed by atoms with van der Waals surface area (Å²) in [6, 6.07) is 11.0. The number of halogens is 4. The first-order valence-corrected chi connectivity index (χ1v) is 12.1. The van der Waals surface area contributed by atoms with E-state index in [4.69, 9.17) is 58.6 Å². The molecule has 4 rings (SSSR count). The van der Waals surface area contributed by atoms with E-state index in [9.17, 15) is 0 Å². The Morgan fingerprint density at radius 3 is 2.47 bits per heavy atom. The Morgan fingerprint density at radius 1 is 0.941 bits per heavy atom. The van der Waals surface area contributed by atoms with Crippen LogP contribution in [0.25, 0.3) is 0 Å². The van der Waals surface area contributed by atoms with Crippen molar-refractivity contribution in [3.05, 3.63) is 91.4 Å². The molecule has 2 aromatic heterocycles. The Kier molecular flexibility index (Phi) is 7.70. The van der Waals surface area contributed by atoms with Crippen LogP contribution < -0.4 is 10.6 Å². The average Bonchev–Trinajstić information content (AvgIpc) is 3.32. The third-order valence-corrected chi connectivity index (χ3v) is 6.71. The van der Waals surface area contributed by atoms with Crippen LogP contribution in [0.15, 0.2) is 48.8 Å². The lowest BCUT2D eigenvalue weighted by molar-refractivity contribution is 0.659. The molecule has 11 heteroatoms. The van der Waals surface area contributed by atoms with Gasteiger partial charge in [-0.05, 0) is 61.5 Å². The fourth-order valence-corrected chi connectivity index (χ4v) is 4.47. The van der Waals surface area contributed by atoms with E-state index in [1.54, 1.807) is 29.1 Å². The van der Waals surface area contributed by atoms with Crippen molar-refractivity contribution >= 4 is 75.1 Å². The standard InChI is InChI=1S/C23H20Cl4N6S/c1-13-22(14(2)33(31-13)10-15-3-6-19(25)21(27)7-15)30-23(34)29-18-9-28-32(12-18)11-16-4-5-17(24)8-20(16)26/h3-9,12H,10-11H2,1-2H3,(H2,29,30,34). The summed E-state index contributed by atoms with van der Waals surface area (Å²) in [7, 11) is 0. The lowest BCUT2D eigenvalue weighted by Crippen LogP contribution is -2.19. The van der Waals surface area contributed by atoms with Crippen LogP contribution in [0.2, 0.25) is 20.1 Å². The van der Waals surface area contributed by atoms with Gasteiger partial charge in [-0.25, -0.2) is 0 Å². The summed E-state index contributed by atoms with van der Waals surface area (Å²) in [6.07, 6.45) is 3.55. The van der Waals surface area contributed by atoms with Crippen molar-refractivity contribution in [3.8, 4) is 0 Å². The third kappa shape index (κ3) is 5.85. The van der Waals surface area contributed by atoms with E-state index in [1.807, 2.05) is 42.9 Å². The third-order valence-electron chi connectivity index (χ3n) is 5.17. The van der Waals surface area contributed by atoms with Crippen LogP contribution in [-0.4, -0.2) is 24.7 Å². The Balaban J connectivity index is 1.41. The zero-order valence-corrected chi connectivity index (χ0v) is 22.1. The van der Waals surface area contributed by atoms with Crippen LogP contribution in [0, 0.1) is 13.8 Å². The highest BCUT2D eigenvalue weighted by Gasteiger charge is 2.14. The largest absolute Gasteiger partial charge is 0.330 e. The number of anilines is 2. The minimum absolute atomic E-state index is 0.435. The van der Waals surface area contributed by atoms with Gasteiger partial charge in [0, 0.05) is 16.2 Å². The van der Waals surface area contributed by atoms with Crippen molar-refractivity contribution in [2.45, 2.75) is 26.9 Å². The highest BCUT2D eigenvalue weighted by atomic mass is 35.5. The molecule has 0 saturated heterocycles. The zero-order valence-electron chi connectivity index (χ0n) is 18.2. The van der Waals surface area contributed by atoms with Gasteiger partial charge in [0.15, 0.2) is 5.11 Å². The van der Waals surface area contributed by atoms with Crippen LogP contribution >= 0.6 is 58.6 Å². The number of hydrogen-bond acceptors (Lipinski definition) is 3. The van der Waals surface area contributed by atoms with Gasteiger partial charge >= 0.3 is 0 Å². The molecule has 0 amide bonds. The summed E-state index contributed by atoms with van der Waals surface area (Å²) in [4.78, 5) is 0. The molecule has 4 aromatic rings. The molecule has 0 aliphatic heterocycles. The van der Waals surface area contributed by atoms with Crippen molar-refractivity contribution in [3.63, 3.8) is 0 Å². The van der Waals surface area contributed by atoms with Gasteiger partial charge in [0.25, 0.3) is 0 Å². The second-order valence-corrected chi connectivity index (χ2v) is 9.76. The van der Waals surface area contributed by atoms with Crippen molar-refractivity contribution in [1.82, 2.24) is 19.6 Å². The van der Waals surface area contributed by atoms with Gasteiger partial charge in [-0.3, -0.25) is 9.36 Å². The molecule has 0 atom stereocenters. The van der Waals surface area contributed by atoms with Crippen molar-refractivity contribution in [2.24, 2.45) is 0 Å². The molecule has 2 aromatic carbocycles. The fraction of sp³-hybridized carbons (Fsp3) is 0.174. The molecule has 2 N–H and O–H groups in total. The summed E-state index contributed by atoms with van der Waals surface area (Å²) >= 11 is 29.9. The maximum atomic E-state index is 6.27. The van der Waals surface area contributed by atoms with E-state index in [-0.39, 0.29) is 0 Å². The molecule has 176 valence electrons. The molecule has 0 saturated carbocycles. The van der Waals surface area contributed by atoms with Crippen LogP contribution in [0.5, 0.6) is 0 Å². The quantitative estimate of drug-likeness (QED) is 0.247. The van der Waals surface area contributed by atoms with Crippen LogP contribution in [0.3, 0.4) is 0 Å². The van der Waals surface area contributed by atoms with Gasteiger partial charge < -0.3 is 10.6 Å². The number of nitrogens with one attached hydrogen (secondary N) is 2. The van der Waals surface area contributed by atoms with Crippen molar-refractivity contribution in [2.75, 3.05) is 10.6 Å². The van der Waals surface area contributed by atoms with E-state index in [0.717, 1.165) is 33.9 Å². The lowest BCUT2D eigenvalue weighted by Gasteiger charge is -2.10. The predicted molar refractivity (Wildman–Crippen MR) is 145 cm³/mol. The molecule has 0 bridgehead atoms. The Hall–Kier alpha value is -2.29. The maximum Gasteiger partial charge on any atom is 0.175 e. The second kappa shape index (κ2) is 10.5. The number of nitrogens with zero attached hydrogens (tertiary/aromatic N) is 4. The number of aryl methyl sites for hydroxylation is 1. The molecule has 0 unspecified atom stereocenters. The molecule has 0 aliphatic rings. The Labute approximate surface area is 222 Å².